The van der Waals surface area contributed by atoms with Crippen LogP contribution in [-0.4, -0.2) is 24.2 Å². The molecule has 11 heavy (non-hydrogen) atoms. The molecule has 0 radical (unpaired) electrons. The van der Waals surface area contributed by atoms with Crippen LogP contribution in [0, 0.1) is 5.92 Å². The predicted octanol–water partition coefficient (Wildman–Crippen LogP) is 0.300. The molecule has 62 valence electrons. The number of nitrogens with one attached hydrogen (secondary N) is 1. The summed E-state index contributed by atoms with van der Waals surface area (Å²) < 4.78 is 5.21. The first kappa shape index (κ1) is 7.10. The number of carbonyl (C=O) groups is 1. The Balaban J connectivity index is 2.27. The topological polar surface area (TPSA) is 38.3 Å². The SMILES string of the molecule is CC1(C)OC(=O)C2NCCC21. The van der Waals surface area contributed by atoms with Crippen molar-refractivity contribution in [2.45, 2.75) is 31.9 Å². The van der Waals surface area contributed by atoms with Gasteiger partial charge in [-0.05, 0) is 26.8 Å². The molecule has 2 fully saturated rings. The Kier molecular flexibility index (Phi) is 1.27. The highest BCUT2D eigenvalue weighted by atomic mass is 16.6. The van der Waals surface area contributed by atoms with Gasteiger partial charge in [0.05, 0.1) is 0 Å². The Bertz CT molecular complexity index is 200. The van der Waals surface area contributed by atoms with Crippen molar-refractivity contribution in [2.24, 2.45) is 5.92 Å². The molecule has 2 rings (SSSR count). The molecule has 0 amide bonds. The van der Waals surface area contributed by atoms with E-state index in [-0.39, 0.29) is 17.6 Å². The minimum Gasteiger partial charge on any atom is -0.458 e. The van der Waals surface area contributed by atoms with E-state index < -0.39 is 0 Å². The van der Waals surface area contributed by atoms with E-state index in [1.807, 2.05) is 13.8 Å². The van der Waals surface area contributed by atoms with Crippen LogP contribution in [0.15, 0.2) is 0 Å². The summed E-state index contributed by atoms with van der Waals surface area (Å²) >= 11 is 0. The van der Waals surface area contributed by atoms with E-state index in [4.69, 9.17) is 4.74 Å². The molecule has 2 atom stereocenters. The fourth-order valence-corrected chi connectivity index (χ4v) is 2.10. The van der Waals surface area contributed by atoms with Crippen molar-refractivity contribution in [3.63, 3.8) is 0 Å². The van der Waals surface area contributed by atoms with E-state index in [2.05, 4.69) is 5.32 Å². The molecule has 2 aliphatic heterocycles. The fraction of sp³-hybridized carbons (Fsp3) is 0.875. The summed E-state index contributed by atoms with van der Waals surface area (Å²) in [6.45, 7) is 4.93. The Morgan fingerprint density at radius 3 is 3.00 bits per heavy atom. The minimum atomic E-state index is -0.245. The Morgan fingerprint density at radius 2 is 2.36 bits per heavy atom. The van der Waals surface area contributed by atoms with Gasteiger partial charge in [0.25, 0.3) is 0 Å². The lowest BCUT2D eigenvalue weighted by molar-refractivity contribution is -0.148. The Morgan fingerprint density at radius 1 is 1.64 bits per heavy atom. The maximum atomic E-state index is 11.2. The number of ether oxygens (including phenoxy) is 1. The van der Waals surface area contributed by atoms with Gasteiger partial charge in [-0.2, -0.15) is 0 Å². The summed E-state index contributed by atoms with van der Waals surface area (Å²) in [4.78, 5) is 11.2. The second-order valence-corrected chi connectivity index (χ2v) is 3.85. The zero-order chi connectivity index (χ0) is 8.06. The molecular weight excluding hydrogens is 142 g/mol. The number of fused-ring (bicyclic) bond motifs is 1. The van der Waals surface area contributed by atoms with Crippen molar-refractivity contribution in [3.05, 3.63) is 0 Å². The molecule has 3 heteroatoms. The largest absolute Gasteiger partial charge is 0.458 e. The third-order valence-corrected chi connectivity index (χ3v) is 2.73. The van der Waals surface area contributed by atoms with Crippen LogP contribution in [0.4, 0.5) is 0 Å². The van der Waals surface area contributed by atoms with E-state index in [0.717, 1.165) is 13.0 Å². The van der Waals surface area contributed by atoms with Gasteiger partial charge in [0.1, 0.15) is 11.6 Å². The molecule has 0 spiro atoms. The minimum absolute atomic E-state index is 0.0231. The number of carbonyl (C=O) groups excluding carboxylic acids is 1. The van der Waals surface area contributed by atoms with Crippen molar-refractivity contribution in [2.75, 3.05) is 6.54 Å². The fourth-order valence-electron chi connectivity index (χ4n) is 2.10. The van der Waals surface area contributed by atoms with Crippen molar-refractivity contribution in [3.8, 4) is 0 Å². The van der Waals surface area contributed by atoms with E-state index in [9.17, 15) is 4.79 Å². The zero-order valence-corrected chi connectivity index (χ0v) is 6.89. The zero-order valence-electron chi connectivity index (χ0n) is 6.89. The van der Waals surface area contributed by atoms with Crippen LogP contribution < -0.4 is 5.32 Å². The van der Waals surface area contributed by atoms with Crippen LogP contribution in [0.1, 0.15) is 20.3 Å². The first-order valence-electron chi connectivity index (χ1n) is 4.07. The maximum Gasteiger partial charge on any atom is 0.324 e. The van der Waals surface area contributed by atoms with Gasteiger partial charge in [0.15, 0.2) is 0 Å². The third kappa shape index (κ3) is 0.872. The van der Waals surface area contributed by atoms with Gasteiger partial charge >= 0.3 is 5.97 Å². The van der Waals surface area contributed by atoms with E-state index >= 15 is 0 Å². The molecule has 0 aromatic heterocycles. The average molecular weight is 155 g/mol. The van der Waals surface area contributed by atoms with Gasteiger partial charge in [-0.15, -0.1) is 0 Å². The molecule has 0 saturated carbocycles. The van der Waals surface area contributed by atoms with Crippen LogP contribution in [0.2, 0.25) is 0 Å². The van der Waals surface area contributed by atoms with Gasteiger partial charge in [-0.3, -0.25) is 4.79 Å². The molecule has 2 heterocycles. The molecule has 0 aliphatic carbocycles. The van der Waals surface area contributed by atoms with Crippen LogP contribution in [0.3, 0.4) is 0 Å². The van der Waals surface area contributed by atoms with Crippen molar-refractivity contribution < 1.29 is 9.53 Å². The monoisotopic (exact) mass is 155 g/mol. The lowest BCUT2D eigenvalue weighted by atomic mass is 9.88. The number of cyclic esters (lactones) is 1. The standard InChI is InChI=1S/C8H13NO2/c1-8(2)5-3-4-9-6(5)7(10)11-8/h5-6,9H,3-4H2,1-2H3. The highest BCUT2D eigenvalue weighted by Crippen LogP contribution is 2.37. The summed E-state index contributed by atoms with van der Waals surface area (Å²) in [5.74, 6) is 0.312. The quantitative estimate of drug-likeness (QED) is 0.511. The molecule has 2 unspecified atom stereocenters. The van der Waals surface area contributed by atoms with Crippen LogP contribution in [0.5, 0.6) is 0 Å². The summed E-state index contributed by atoms with van der Waals surface area (Å²) in [6, 6.07) is -0.0231. The lowest BCUT2D eigenvalue weighted by Crippen LogP contribution is -2.32. The van der Waals surface area contributed by atoms with Crippen LogP contribution >= 0.6 is 0 Å². The Hall–Kier alpha value is -0.570. The normalized spacial score (nSPS) is 40.4. The number of hydrogen-bond donors (Lipinski definition) is 1. The van der Waals surface area contributed by atoms with Gasteiger partial charge in [0, 0.05) is 5.92 Å². The molecular formula is C8H13NO2. The molecule has 2 saturated heterocycles. The summed E-state index contributed by atoms with van der Waals surface area (Å²) in [5, 5.41) is 3.15. The van der Waals surface area contributed by atoms with Crippen molar-refractivity contribution in [1.82, 2.24) is 5.32 Å². The first-order chi connectivity index (χ1) is 5.11. The Labute approximate surface area is 66.1 Å². The lowest BCUT2D eigenvalue weighted by Gasteiger charge is -2.22. The van der Waals surface area contributed by atoms with Crippen molar-refractivity contribution >= 4 is 5.97 Å². The first-order valence-corrected chi connectivity index (χ1v) is 4.07. The van der Waals surface area contributed by atoms with Gasteiger partial charge in [0.2, 0.25) is 0 Å². The molecule has 1 N–H and O–H groups in total. The van der Waals surface area contributed by atoms with E-state index in [0.29, 0.717) is 5.92 Å². The number of hydrogen-bond acceptors (Lipinski definition) is 3. The molecule has 2 aliphatic rings. The van der Waals surface area contributed by atoms with Crippen molar-refractivity contribution in [1.29, 1.82) is 0 Å². The average Bonchev–Trinajstić information content (AvgIpc) is 2.37. The van der Waals surface area contributed by atoms with Gasteiger partial charge in [-0.1, -0.05) is 0 Å². The smallest absolute Gasteiger partial charge is 0.324 e. The summed E-state index contributed by atoms with van der Waals surface area (Å²) in [5.41, 5.74) is -0.245. The van der Waals surface area contributed by atoms with Crippen LogP contribution in [-0.2, 0) is 9.53 Å². The second-order valence-electron chi connectivity index (χ2n) is 3.85. The second kappa shape index (κ2) is 1.97. The summed E-state index contributed by atoms with van der Waals surface area (Å²) in [6.07, 6.45) is 1.06. The third-order valence-electron chi connectivity index (χ3n) is 2.73. The molecule has 0 aromatic rings. The molecule has 0 aromatic carbocycles. The van der Waals surface area contributed by atoms with Gasteiger partial charge in [-0.25, -0.2) is 0 Å². The van der Waals surface area contributed by atoms with Gasteiger partial charge < -0.3 is 10.1 Å². The van der Waals surface area contributed by atoms with E-state index in [1.165, 1.54) is 0 Å². The van der Waals surface area contributed by atoms with E-state index in [1.54, 1.807) is 0 Å². The van der Waals surface area contributed by atoms with Crippen LogP contribution in [0.25, 0.3) is 0 Å². The molecule has 3 nitrogen and oxygen atoms in total. The number of esters is 1. The molecule has 0 bridgehead atoms. The predicted molar refractivity (Wildman–Crippen MR) is 40.1 cm³/mol. The summed E-state index contributed by atoms with van der Waals surface area (Å²) in [7, 11) is 0. The highest BCUT2D eigenvalue weighted by molar-refractivity contribution is 5.79. The maximum absolute atomic E-state index is 11.2. The highest BCUT2D eigenvalue weighted by Gasteiger charge is 2.51. The number of rotatable bonds is 0.